The smallest absolute Gasteiger partial charge is 0.255 e. The van der Waals surface area contributed by atoms with E-state index in [2.05, 4.69) is 10.4 Å². The second kappa shape index (κ2) is 6.67. The summed E-state index contributed by atoms with van der Waals surface area (Å²) in [5, 5.41) is 6.90. The molecule has 0 atom stereocenters. The van der Waals surface area contributed by atoms with Crippen molar-refractivity contribution in [1.29, 1.82) is 0 Å². The van der Waals surface area contributed by atoms with Crippen LogP contribution in [-0.4, -0.2) is 33.5 Å². The van der Waals surface area contributed by atoms with Gasteiger partial charge in [0.2, 0.25) is 11.8 Å². The van der Waals surface area contributed by atoms with Crippen LogP contribution in [0.1, 0.15) is 10.4 Å². The summed E-state index contributed by atoms with van der Waals surface area (Å²) < 4.78 is 1.34. The van der Waals surface area contributed by atoms with E-state index >= 15 is 0 Å². The van der Waals surface area contributed by atoms with Gasteiger partial charge in [-0.15, -0.1) is 0 Å². The van der Waals surface area contributed by atoms with Gasteiger partial charge in [0.05, 0.1) is 22.5 Å². The van der Waals surface area contributed by atoms with Crippen LogP contribution in [0.25, 0.3) is 5.69 Å². The minimum Gasteiger partial charge on any atom is -0.367 e. The molecule has 0 unspecified atom stereocenters. The molecule has 1 heterocycles. The summed E-state index contributed by atoms with van der Waals surface area (Å²) in [6.45, 7) is 0. The quantitative estimate of drug-likeness (QED) is 0.662. The number of halogens is 2. The molecule has 0 aliphatic rings. The number of carbonyl (C=O) groups excluding carboxylic acids is 3. The lowest BCUT2D eigenvalue weighted by atomic mass is 10.2. The number of benzene rings is 1. The fraction of sp³-hybridized carbons (Fsp3) is 0.0769. The Kier molecular flexibility index (Phi) is 4.87. The molecule has 2 aromatic rings. The van der Waals surface area contributed by atoms with Gasteiger partial charge < -0.3 is 16.8 Å². The molecule has 120 valence electrons. The molecule has 0 bridgehead atoms. The Bertz CT molecular complexity index is 776. The Balaban J connectivity index is 2.23. The highest BCUT2D eigenvalue weighted by Gasteiger charge is 2.25. The average molecular weight is 356 g/mol. The van der Waals surface area contributed by atoms with Crippen LogP contribution in [0.4, 0.5) is 0 Å². The number of hydrogen-bond acceptors (Lipinski definition) is 4. The van der Waals surface area contributed by atoms with E-state index in [0.717, 1.165) is 0 Å². The molecule has 0 spiro atoms. The van der Waals surface area contributed by atoms with Gasteiger partial charge in [-0.2, -0.15) is 5.10 Å². The Labute approximate surface area is 140 Å². The van der Waals surface area contributed by atoms with E-state index in [1.165, 1.54) is 23.1 Å². The van der Waals surface area contributed by atoms with Crippen LogP contribution >= 0.6 is 23.2 Å². The maximum Gasteiger partial charge on any atom is 0.255 e. The maximum absolute atomic E-state index is 12.0. The normalized spacial score (nSPS) is 10.6. The highest BCUT2D eigenvalue weighted by Crippen LogP contribution is 2.24. The van der Waals surface area contributed by atoms with Crippen LogP contribution in [0.2, 0.25) is 10.0 Å². The molecule has 23 heavy (non-hydrogen) atoms. The van der Waals surface area contributed by atoms with Crippen LogP contribution in [-0.2, 0) is 9.59 Å². The van der Waals surface area contributed by atoms with Crippen molar-refractivity contribution in [3.63, 3.8) is 0 Å². The van der Waals surface area contributed by atoms with Crippen molar-refractivity contribution < 1.29 is 14.4 Å². The summed E-state index contributed by atoms with van der Waals surface area (Å²) in [5.74, 6) is -2.85. The van der Waals surface area contributed by atoms with Crippen molar-refractivity contribution in [2.75, 3.05) is 0 Å². The molecule has 5 N–H and O–H groups in total. The lowest BCUT2D eigenvalue weighted by molar-refractivity contribution is -0.128. The van der Waals surface area contributed by atoms with E-state index in [-0.39, 0.29) is 5.56 Å². The molecule has 2 rings (SSSR count). The van der Waals surface area contributed by atoms with Gasteiger partial charge in [-0.25, -0.2) is 4.68 Å². The monoisotopic (exact) mass is 355 g/mol. The number of primary amides is 2. The predicted octanol–water partition coefficient (Wildman–Crippen LogP) is 0.248. The number of nitrogens with two attached hydrogens (primary N) is 2. The van der Waals surface area contributed by atoms with Crippen molar-refractivity contribution in [2.45, 2.75) is 6.04 Å². The third-order valence-corrected chi connectivity index (χ3v) is 3.38. The van der Waals surface area contributed by atoms with Crippen LogP contribution in [0.3, 0.4) is 0 Å². The van der Waals surface area contributed by atoms with Gasteiger partial charge in [0.1, 0.15) is 0 Å². The van der Waals surface area contributed by atoms with E-state index in [9.17, 15) is 14.4 Å². The van der Waals surface area contributed by atoms with E-state index < -0.39 is 23.8 Å². The Morgan fingerprint density at radius 2 is 1.83 bits per heavy atom. The van der Waals surface area contributed by atoms with Gasteiger partial charge in [0, 0.05) is 11.2 Å². The van der Waals surface area contributed by atoms with E-state index in [0.29, 0.717) is 15.7 Å². The summed E-state index contributed by atoms with van der Waals surface area (Å²) in [4.78, 5) is 34.1. The first-order chi connectivity index (χ1) is 10.8. The zero-order valence-electron chi connectivity index (χ0n) is 11.5. The van der Waals surface area contributed by atoms with Crippen LogP contribution in [0.5, 0.6) is 0 Å². The second-order valence-electron chi connectivity index (χ2n) is 4.48. The molecule has 0 fully saturated rings. The average Bonchev–Trinajstić information content (AvgIpc) is 2.93. The third-order valence-electron chi connectivity index (χ3n) is 2.85. The van der Waals surface area contributed by atoms with Crippen LogP contribution in [0, 0.1) is 0 Å². The van der Waals surface area contributed by atoms with Gasteiger partial charge in [-0.05, 0) is 18.2 Å². The highest BCUT2D eigenvalue weighted by molar-refractivity contribution is 6.35. The van der Waals surface area contributed by atoms with Crippen molar-refractivity contribution in [3.8, 4) is 5.69 Å². The summed E-state index contributed by atoms with van der Waals surface area (Å²) in [7, 11) is 0. The van der Waals surface area contributed by atoms with Crippen molar-refractivity contribution in [1.82, 2.24) is 15.1 Å². The molecule has 3 amide bonds. The third kappa shape index (κ3) is 3.79. The topological polar surface area (TPSA) is 133 Å². The van der Waals surface area contributed by atoms with E-state index in [1.54, 1.807) is 12.1 Å². The van der Waals surface area contributed by atoms with E-state index in [4.69, 9.17) is 34.7 Å². The first kappa shape index (κ1) is 16.8. The SMILES string of the molecule is NC(=O)C(NC(=O)c1cnn(-c2ccc(Cl)cc2Cl)c1)C(N)=O. The highest BCUT2D eigenvalue weighted by atomic mass is 35.5. The first-order valence-corrected chi connectivity index (χ1v) is 6.95. The van der Waals surface area contributed by atoms with Gasteiger partial charge in [0.25, 0.3) is 5.91 Å². The number of rotatable bonds is 5. The number of hydrogen-bond donors (Lipinski definition) is 3. The second-order valence-corrected chi connectivity index (χ2v) is 5.32. The Hall–Kier alpha value is -2.58. The maximum atomic E-state index is 12.0. The fourth-order valence-corrected chi connectivity index (χ4v) is 2.23. The largest absolute Gasteiger partial charge is 0.367 e. The molecule has 8 nitrogen and oxygen atoms in total. The number of carbonyl (C=O) groups is 3. The molecule has 1 aromatic heterocycles. The molecule has 0 aliphatic heterocycles. The lowest BCUT2D eigenvalue weighted by Crippen LogP contribution is -2.52. The fourth-order valence-electron chi connectivity index (χ4n) is 1.74. The molecular weight excluding hydrogens is 345 g/mol. The molecule has 0 saturated heterocycles. The van der Waals surface area contributed by atoms with Gasteiger partial charge in [-0.3, -0.25) is 14.4 Å². The molecule has 0 aliphatic carbocycles. The van der Waals surface area contributed by atoms with Crippen molar-refractivity contribution in [3.05, 3.63) is 46.2 Å². The van der Waals surface area contributed by atoms with Crippen LogP contribution < -0.4 is 16.8 Å². The molecule has 0 saturated carbocycles. The van der Waals surface area contributed by atoms with E-state index in [1.807, 2.05) is 0 Å². The van der Waals surface area contributed by atoms with Gasteiger partial charge >= 0.3 is 0 Å². The van der Waals surface area contributed by atoms with Gasteiger partial charge in [-0.1, -0.05) is 23.2 Å². The zero-order valence-corrected chi connectivity index (χ0v) is 13.0. The molecule has 0 radical (unpaired) electrons. The minimum atomic E-state index is -1.61. The minimum absolute atomic E-state index is 0.0866. The number of aromatic nitrogens is 2. The van der Waals surface area contributed by atoms with Crippen LogP contribution in [0.15, 0.2) is 30.6 Å². The molecule has 1 aromatic carbocycles. The number of amides is 3. The van der Waals surface area contributed by atoms with Crippen molar-refractivity contribution >= 4 is 40.9 Å². The van der Waals surface area contributed by atoms with Gasteiger partial charge in [0.15, 0.2) is 6.04 Å². The zero-order chi connectivity index (χ0) is 17.1. The summed E-state index contributed by atoms with van der Waals surface area (Å²) >= 11 is 11.9. The number of nitrogens with zero attached hydrogens (tertiary/aromatic N) is 2. The summed E-state index contributed by atoms with van der Waals surface area (Å²) in [6, 6.07) is 3.15. The standard InChI is InChI=1S/C13H11Cl2N5O3/c14-7-1-2-9(8(15)3-7)20-5-6(4-18-20)13(23)19-10(11(16)21)12(17)22/h1-5,10H,(H2,16,21)(H2,17,22)(H,19,23). The first-order valence-electron chi connectivity index (χ1n) is 6.19. The predicted molar refractivity (Wildman–Crippen MR) is 83.2 cm³/mol. The lowest BCUT2D eigenvalue weighted by Gasteiger charge is -2.10. The van der Waals surface area contributed by atoms with Crippen molar-refractivity contribution in [2.24, 2.45) is 11.5 Å². The Morgan fingerprint density at radius 3 is 2.39 bits per heavy atom. The molecule has 10 heteroatoms. The summed E-state index contributed by atoms with van der Waals surface area (Å²) in [6.07, 6.45) is 2.60. The number of nitrogens with one attached hydrogen (secondary N) is 1. The summed E-state index contributed by atoms with van der Waals surface area (Å²) in [5.41, 5.74) is 10.6. The molecular formula is C13H11Cl2N5O3. The Morgan fingerprint density at radius 1 is 1.17 bits per heavy atom.